The lowest BCUT2D eigenvalue weighted by atomic mass is 9.96. The number of halogens is 2. The van der Waals surface area contributed by atoms with Crippen LogP contribution in [-0.2, 0) is 6.42 Å². The maximum atomic E-state index is 13.7. The minimum atomic E-state index is -1.37. The van der Waals surface area contributed by atoms with Crippen LogP contribution in [0.1, 0.15) is 29.5 Å². The van der Waals surface area contributed by atoms with Crippen LogP contribution in [0.2, 0.25) is 0 Å². The Hall–Kier alpha value is -2.85. The predicted molar refractivity (Wildman–Crippen MR) is 106 cm³/mol. The number of nitrogens with zero attached hydrogens (tertiary/aromatic N) is 1. The lowest BCUT2D eigenvalue weighted by Gasteiger charge is -2.26. The second-order valence-electron chi connectivity index (χ2n) is 7.27. The number of hydrogen-bond acceptors (Lipinski definition) is 2. The number of hydrogen-bond donors (Lipinski definition) is 1. The monoisotopic (exact) mass is 377 g/mol. The third-order valence-corrected chi connectivity index (χ3v) is 5.08. The van der Waals surface area contributed by atoms with Gasteiger partial charge < -0.3 is 5.11 Å². The van der Waals surface area contributed by atoms with Gasteiger partial charge in [0.15, 0.2) is 17.4 Å². The van der Waals surface area contributed by atoms with E-state index in [9.17, 15) is 13.9 Å². The zero-order chi connectivity index (χ0) is 19.6. The summed E-state index contributed by atoms with van der Waals surface area (Å²) in [5.74, 6) is -1.80. The van der Waals surface area contributed by atoms with Crippen LogP contribution < -0.4 is 0 Å². The molecule has 28 heavy (non-hydrogen) atoms. The Morgan fingerprint density at radius 1 is 0.857 bits per heavy atom. The van der Waals surface area contributed by atoms with E-state index in [0.29, 0.717) is 11.3 Å². The second kappa shape index (κ2) is 7.64. The van der Waals surface area contributed by atoms with Crippen LogP contribution in [0.3, 0.4) is 0 Å². The van der Waals surface area contributed by atoms with Crippen LogP contribution in [0.5, 0.6) is 0 Å². The van der Waals surface area contributed by atoms with Crippen molar-refractivity contribution in [3.05, 3.63) is 107 Å². The molecule has 0 bridgehead atoms. The maximum absolute atomic E-state index is 13.7. The fraction of sp³-hybridized carbons (Fsp3) is 0.208. The minimum absolute atomic E-state index is 0.00281. The Balaban J connectivity index is 1.77. The van der Waals surface area contributed by atoms with E-state index < -0.39 is 17.4 Å². The van der Waals surface area contributed by atoms with Crippen LogP contribution >= 0.6 is 0 Å². The van der Waals surface area contributed by atoms with E-state index in [1.807, 2.05) is 60.7 Å². The highest BCUT2D eigenvalue weighted by atomic mass is 19.2. The average molecular weight is 377 g/mol. The van der Waals surface area contributed by atoms with Crippen molar-refractivity contribution >= 4 is 5.71 Å². The number of rotatable bonds is 6. The normalized spacial score (nSPS) is 15.7. The van der Waals surface area contributed by atoms with Gasteiger partial charge in [0.05, 0.1) is 5.71 Å². The topological polar surface area (TPSA) is 32.6 Å². The number of benzene rings is 3. The van der Waals surface area contributed by atoms with E-state index >= 15 is 0 Å². The zero-order valence-electron chi connectivity index (χ0n) is 15.4. The summed E-state index contributed by atoms with van der Waals surface area (Å²) in [5.41, 5.74) is 1.65. The van der Waals surface area contributed by atoms with Crippen LogP contribution in [0.4, 0.5) is 8.78 Å². The SMILES string of the molecule is OC(Cc1ccc(F)c(F)c1)(N=C(c1ccccc1)c1ccccc1)C1CC1. The summed E-state index contributed by atoms with van der Waals surface area (Å²) in [4.78, 5) is 4.81. The fourth-order valence-corrected chi connectivity index (χ4v) is 3.45. The molecule has 142 valence electrons. The van der Waals surface area contributed by atoms with Gasteiger partial charge in [0, 0.05) is 23.5 Å². The molecule has 1 unspecified atom stereocenters. The molecule has 1 N–H and O–H groups in total. The van der Waals surface area contributed by atoms with Gasteiger partial charge in [0.25, 0.3) is 0 Å². The van der Waals surface area contributed by atoms with Crippen molar-refractivity contribution in [3.8, 4) is 0 Å². The Bertz CT molecular complexity index is 943. The van der Waals surface area contributed by atoms with Gasteiger partial charge >= 0.3 is 0 Å². The van der Waals surface area contributed by atoms with Crippen LogP contribution in [0.25, 0.3) is 0 Å². The largest absolute Gasteiger partial charge is 0.369 e. The molecule has 0 radical (unpaired) electrons. The van der Waals surface area contributed by atoms with Crippen molar-refractivity contribution in [3.63, 3.8) is 0 Å². The maximum Gasteiger partial charge on any atom is 0.163 e. The molecule has 1 fully saturated rings. The highest BCUT2D eigenvalue weighted by Crippen LogP contribution is 2.43. The lowest BCUT2D eigenvalue weighted by molar-refractivity contribution is 0.0271. The van der Waals surface area contributed by atoms with Gasteiger partial charge in [-0.1, -0.05) is 66.7 Å². The van der Waals surface area contributed by atoms with Crippen molar-refractivity contribution in [2.24, 2.45) is 10.9 Å². The van der Waals surface area contributed by atoms with Crippen molar-refractivity contribution in [2.75, 3.05) is 0 Å². The predicted octanol–water partition coefficient (Wildman–Crippen LogP) is 5.14. The molecule has 1 aliphatic carbocycles. The summed E-state index contributed by atoms with van der Waals surface area (Å²) >= 11 is 0. The summed E-state index contributed by atoms with van der Waals surface area (Å²) in [6.07, 6.45) is 1.86. The summed E-state index contributed by atoms with van der Waals surface area (Å²) in [5, 5.41) is 11.5. The second-order valence-corrected chi connectivity index (χ2v) is 7.27. The first kappa shape index (κ1) is 18.5. The molecule has 0 saturated heterocycles. The van der Waals surface area contributed by atoms with Gasteiger partial charge in [0.1, 0.15) is 0 Å². The van der Waals surface area contributed by atoms with Gasteiger partial charge in [-0.15, -0.1) is 0 Å². The standard InChI is InChI=1S/C24H21F2NO/c25-21-14-11-17(15-22(21)26)16-24(28,20-12-13-20)27-23(18-7-3-1-4-8-18)19-9-5-2-6-10-19/h1-11,14-15,20,28H,12-13,16H2. The molecule has 0 spiro atoms. The molecule has 4 rings (SSSR count). The van der Waals surface area contributed by atoms with Gasteiger partial charge in [-0.05, 0) is 30.5 Å². The van der Waals surface area contributed by atoms with Crippen molar-refractivity contribution < 1.29 is 13.9 Å². The van der Waals surface area contributed by atoms with E-state index in [-0.39, 0.29) is 12.3 Å². The summed E-state index contributed by atoms with van der Waals surface area (Å²) in [6, 6.07) is 23.1. The summed E-state index contributed by atoms with van der Waals surface area (Å²) in [6.45, 7) is 0. The van der Waals surface area contributed by atoms with E-state index in [1.54, 1.807) is 0 Å². The van der Waals surface area contributed by atoms with Crippen LogP contribution in [-0.4, -0.2) is 16.5 Å². The quantitative estimate of drug-likeness (QED) is 0.593. The molecule has 3 aromatic carbocycles. The van der Waals surface area contributed by atoms with E-state index in [1.165, 1.54) is 6.07 Å². The van der Waals surface area contributed by atoms with E-state index in [4.69, 9.17) is 4.99 Å². The summed E-state index contributed by atoms with van der Waals surface area (Å²) < 4.78 is 27.0. The fourth-order valence-electron chi connectivity index (χ4n) is 3.45. The minimum Gasteiger partial charge on any atom is -0.369 e. The molecule has 4 heteroatoms. The molecule has 0 heterocycles. The first-order valence-electron chi connectivity index (χ1n) is 9.42. The smallest absolute Gasteiger partial charge is 0.163 e. The zero-order valence-corrected chi connectivity index (χ0v) is 15.4. The van der Waals surface area contributed by atoms with Crippen molar-refractivity contribution in [1.82, 2.24) is 0 Å². The Morgan fingerprint density at radius 2 is 1.43 bits per heavy atom. The van der Waals surface area contributed by atoms with Crippen LogP contribution in [0.15, 0.2) is 83.9 Å². The number of aliphatic hydroxyl groups is 1. The molecule has 2 nitrogen and oxygen atoms in total. The first-order valence-corrected chi connectivity index (χ1v) is 9.42. The van der Waals surface area contributed by atoms with Gasteiger partial charge in [-0.3, -0.25) is 0 Å². The Labute approximate surface area is 163 Å². The highest BCUT2D eigenvalue weighted by Gasteiger charge is 2.44. The molecule has 0 amide bonds. The van der Waals surface area contributed by atoms with Crippen molar-refractivity contribution in [2.45, 2.75) is 25.0 Å². The third kappa shape index (κ3) is 4.02. The van der Waals surface area contributed by atoms with Gasteiger partial charge in [-0.2, -0.15) is 0 Å². The van der Waals surface area contributed by atoms with Crippen LogP contribution in [0, 0.1) is 17.6 Å². The molecule has 1 aliphatic rings. The number of aliphatic imine (C=N–C) groups is 1. The molecule has 0 aliphatic heterocycles. The highest BCUT2D eigenvalue weighted by molar-refractivity contribution is 6.13. The molecule has 1 atom stereocenters. The Kier molecular flexibility index (Phi) is 5.05. The molecular weight excluding hydrogens is 356 g/mol. The van der Waals surface area contributed by atoms with E-state index in [2.05, 4.69) is 0 Å². The Morgan fingerprint density at radius 3 is 1.93 bits per heavy atom. The van der Waals surface area contributed by atoms with Gasteiger partial charge in [0.2, 0.25) is 0 Å². The average Bonchev–Trinajstić information content (AvgIpc) is 3.56. The molecule has 0 aromatic heterocycles. The first-order chi connectivity index (χ1) is 13.5. The van der Waals surface area contributed by atoms with E-state index in [0.717, 1.165) is 36.1 Å². The summed E-state index contributed by atoms with van der Waals surface area (Å²) in [7, 11) is 0. The molecular formula is C24H21F2NO. The molecule has 3 aromatic rings. The van der Waals surface area contributed by atoms with Gasteiger partial charge in [-0.25, -0.2) is 13.8 Å². The van der Waals surface area contributed by atoms with Crippen molar-refractivity contribution in [1.29, 1.82) is 0 Å². The third-order valence-electron chi connectivity index (χ3n) is 5.08. The molecule has 1 saturated carbocycles. The lowest BCUT2D eigenvalue weighted by Crippen LogP contribution is -2.33.